The highest BCUT2D eigenvalue weighted by Crippen LogP contribution is 2.21. The summed E-state index contributed by atoms with van der Waals surface area (Å²) in [5.74, 6) is 0.840. The first kappa shape index (κ1) is 14.0. The maximum Gasteiger partial charge on any atom is 0.0216 e. The van der Waals surface area contributed by atoms with E-state index >= 15 is 0 Å². The molecule has 1 aliphatic rings. The summed E-state index contributed by atoms with van der Waals surface area (Å²) >= 11 is 1.91. The molecule has 1 aliphatic heterocycles. The van der Waals surface area contributed by atoms with Gasteiger partial charge in [-0.05, 0) is 64.8 Å². The van der Waals surface area contributed by atoms with Crippen molar-refractivity contribution in [3.63, 3.8) is 0 Å². The molecule has 1 unspecified atom stereocenters. The molecule has 0 bridgehead atoms. The fourth-order valence-electron chi connectivity index (χ4n) is 2.77. The van der Waals surface area contributed by atoms with Gasteiger partial charge in [-0.25, -0.2) is 0 Å². The van der Waals surface area contributed by atoms with Gasteiger partial charge in [-0.1, -0.05) is 0 Å². The number of nitrogens with one attached hydrogen (secondary N) is 1. The predicted octanol–water partition coefficient (Wildman–Crippen LogP) is 3.18. The van der Waals surface area contributed by atoms with Crippen molar-refractivity contribution in [1.82, 2.24) is 10.2 Å². The van der Waals surface area contributed by atoms with Gasteiger partial charge >= 0.3 is 0 Å². The van der Waals surface area contributed by atoms with Gasteiger partial charge in [-0.3, -0.25) is 0 Å². The van der Waals surface area contributed by atoms with Crippen LogP contribution in [0.25, 0.3) is 0 Å². The highest BCUT2D eigenvalue weighted by Gasteiger charge is 2.23. The maximum absolute atomic E-state index is 3.64. The molecule has 18 heavy (non-hydrogen) atoms. The van der Waals surface area contributed by atoms with Crippen LogP contribution in [0.2, 0.25) is 0 Å². The number of thiophene rings is 1. The van der Waals surface area contributed by atoms with Gasteiger partial charge < -0.3 is 10.2 Å². The molecule has 2 nitrogen and oxygen atoms in total. The molecule has 2 rings (SSSR count). The molecule has 1 atom stereocenters. The third kappa shape index (κ3) is 3.56. The molecule has 1 saturated heterocycles. The SMILES string of the molecule is Cc1cc(CNCC2CCN(C(C)C)C2)c(C)s1. The normalized spacial score (nSPS) is 21.1. The van der Waals surface area contributed by atoms with Crippen LogP contribution >= 0.6 is 11.3 Å². The molecule has 0 spiro atoms. The van der Waals surface area contributed by atoms with Crippen molar-refractivity contribution in [3.8, 4) is 0 Å². The summed E-state index contributed by atoms with van der Waals surface area (Å²) < 4.78 is 0. The molecule has 102 valence electrons. The lowest BCUT2D eigenvalue weighted by Crippen LogP contribution is -2.30. The van der Waals surface area contributed by atoms with Crippen molar-refractivity contribution in [2.75, 3.05) is 19.6 Å². The molecule has 0 saturated carbocycles. The quantitative estimate of drug-likeness (QED) is 0.880. The minimum atomic E-state index is 0.705. The molecule has 0 amide bonds. The van der Waals surface area contributed by atoms with Gasteiger partial charge in [0.05, 0.1) is 0 Å². The molecule has 1 fully saturated rings. The Labute approximate surface area is 115 Å². The molecule has 3 heteroatoms. The minimum Gasteiger partial charge on any atom is -0.312 e. The fourth-order valence-corrected chi connectivity index (χ4v) is 3.71. The van der Waals surface area contributed by atoms with Gasteiger partial charge in [0.1, 0.15) is 0 Å². The average Bonchev–Trinajstić information content (AvgIpc) is 2.87. The second-order valence-corrected chi connectivity index (χ2v) is 7.27. The average molecular weight is 266 g/mol. The van der Waals surface area contributed by atoms with Crippen LogP contribution in [0.15, 0.2) is 6.07 Å². The highest BCUT2D eigenvalue weighted by molar-refractivity contribution is 7.12. The predicted molar refractivity (Wildman–Crippen MR) is 80.3 cm³/mol. The highest BCUT2D eigenvalue weighted by atomic mass is 32.1. The van der Waals surface area contributed by atoms with E-state index in [1.165, 1.54) is 34.8 Å². The summed E-state index contributed by atoms with van der Waals surface area (Å²) in [7, 11) is 0. The van der Waals surface area contributed by atoms with E-state index in [1.807, 2.05) is 11.3 Å². The van der Waals surface area contributed by atoms with E-state index in [1.54, 1.807) is 0 Å². The molecule has 1 aromatic rings. The summed E-state index contributed by atoms with van der Waals surface area (Å²) in [6.07, 6.45) is 1.35. The second kappa shape index (κ2) is 6.18. The van der Waals surface area contributed by atoms with E-state index in [9.17, 15) is 0 Å². The van der Waals surface area contributed by atoms with Crippen molar-refractivity contribution < 1.29 is 0 Å². The second-order valence-electron chi connectivity index (χ2n) is 5.81. The summed E-state index contributed by atoms with van der Waals surface area (Å²) in [6, 6.07) is 3.03. The molecule has 1 aromatic heterocycles. The molecule has 1 N–H and O–H groups in total. The Morgan fingerprint density at radius 2 is 2.22 bits per heavy atom. The van der Waals surface area contributed by atoms with Gasteiger partial charge in [0.25, 0.3) is 0 Å². The topological polar surface area (TPSA) is 15.3 Å². The van der Waals surface area contributed by atoms with Crippen molar-refractivity contribution in [3.05, 3.63) is 21.4 Å². The molecule has 0 aliphatic carbocycles. The van der Waals surface area contributed by atoms with Gasteiger partial charge in [0, 0.05) is 28.9 Å². The van der Waals surface area contributed by atoms with E-state index in [4.69, 9.17) is 0 Å². The lowest BCUT2D eigenvalue weighted by molar-refractivity contribution is 0.264. The molecular formula is C15H26N2S. The summed E-state index contributed by atoms with van der Waals surface area (Å²) in [5.41, 5.74) is 1.48. The molecule has 0 aromatic carbocycles. The number of aryl methyl sites for hydroxylation is 2. The van der Waals surface area contributed by atoms with Crippen molar-refractivity contribution >= 4 is 11.3 Å². The zero-order valence-electron chi connectivity index (χ0n) is 12.1. The van der Waals surface area contributed by atoms with E-state index < -0.39 is 0 Å². The smallest absolute Gasteiger partial charge is 0.0216 e. The van der Waals surface area contributed by atoms with E-state index in [0.717, 1.165) is 19.0 Å². The van der Waals surface area contributed by atoms with Crippen LogP contribution in [-0.4, -0.2) is 30.6 Å². The number of hydrogen-bond donors (Lipinski definition) is 1. The first-order valence-electron chi connectivity index (χ1n) is 7.07. The zero-order chi connectivity index (χ0) is 13.1. The summed E-state index contributed by atoms with van der Waals surface area (Å²) in [6.45, 7) is 13.8. The number of nitrogens with zero attached hydrogens (tertiary/aromatic N) is 1. The van der Waals surface area contributed by atoms with Crippen molar-refractivity contribution in [2.24, 2.45) is 5.92 Å². The van der Waals surface area contributed by atoms with Gasteiger partial charge in [-0.15, -0.1) is 11.3 Å². The Kier molecular flexibility index (Phi) is 4.82. The first-order chi connectivity index (χ1) is 8.56. The summed E-state index contributed by atoms with van der Waals surface area (Å²) in [4.78, 5) is 5.48. The van der Waals surface area contributed by atoms with Crippen LogP contribution in [0.5, 0.6) is 0 Å². The molecular weight excluding hydrogens is 240 g/mol. The monoisotopic (exact) mass is 266 g/mol. The maximum atomic E-state index is 3.64. The van der Waals surface area contributed by atoms with Gasteiger partial charge in [0.2, 0.25) is 0 Å². The Bertz CT molecular complexity index is 384. The number of likely N-dealkylation sites (tertiary alicyclic amines) is 1. The fraction of sp³-hybridized carbons (Fsp3) is 0.733. The van der Waals surface area contributed by atoms with Crippen LogP contribution in [0.4, 0.5) is 0 Å². The molecule has 2 heterocycles. The van der Waals surface area contributed by atoms with Crippen LogP contribution in [0.1, 0.15) is 35.6 Å². The van der Waals surface area contributed by atoms with E-state index in [-0.39, 0.29) is 0 Å². The van der Waals surface area contributed by atoms with E-state index in [0.29, 0.717) is 6.04 Å². The van der Waals surface area contributed by atoms with E-state index in [2.05, 4.69) is 44.0 Å². The Morgan fingerprint density at radius 3 is 2.78 bits per heavy atom. The van der Waals surface area contributed by atoms with Crippen LogP contribution in [0.3, 0.4) is 0 Å². The van der Waals surface area contributed by atoms with Gasteiger partial charge in [0.15, 0.2) is 0 Å². The Morgan fingerprint density at radius 1 is 1.44 bits per heavy atom. The largest absolute Gasteiger partial charge is 0.312 e. The van der Waals surface area contributed by atoms with Crippen LogP contribution in [0, 0.1) is 19.8 Å². The number of rotatable bonds is 5. The third-order valence-electron chi connectivity index (χ3n) is 3.94. The number of hydrogen-bond acceptors (Lipinski definition) is 3. The third-order valence-corrected chi connectivity index (χ3v) is 4.95. The summed E-state index contributed by atoms with van der Waals surface area (Å²) in [5, 5.41) is 3.64. The zero-order valence-corrected chi connectivity index (χ0v) is 12.9. The van der Waals surface area contributed by atoms with Crippen molar-refractivity contribution in [1.29, 1.82) is 0 Å². The Balaban J connectivity index is 1.72. The standard InChI is InChI=1S/C15H26N2S/c1-11(2)17-6-5-14(10-17)8-16-9-15-7-12(3)18-13(15)4/h7,11,14,16H,5-6,8-10H2,1-4H3. The molecule has 0 radical (unpaired) electrons. The lowest BCUT2D eigenvalue weighted by atomic mass is 10.1. The van der Waals surface area contributed by atoms with Crippen molar-refractivity contribution in [2.45, 2.75) is 46.7 Å². The van der Waals surface area contributed by atoms with Gasteiger partial charge in [-0.2, -0.15) is 0 Å². The van der Waals surface area contributed by atoms with Crippen LogP contribution in [-0.2, 0) is 6.54 Å². The minimum absolute atomic E-state index is 0.705. The van der Waals surface area contributed by atoms with Crippen LogP contribution < -0.4 is 5.32 Å². The first-order valence-corrected chi connectivity index (χ1v) is 7.88. The lowest BCUT2D eigenvalue weighted by Gasteiger charge is -2.20. The Hall–Kier alpha value is -0.380.